The van der Waals surface area contributed by atoms with Crippen molar-refractivity contribution in [2.75, 3.05) is 13.2 Å². The number of fused-ring (bicyclic) bond motifs is 1. The first kappa shape index (κ1) is 11.3. The Morgan fingerprint density at radius 3 is 2.81 bits per heavy atom. The molecule has 0 aromatic carbocycles. The van der Waals surface area contributed by atoms with Gasteiger partial charge >= 0.3 is 5.97 Å². The van der Waals surface area contributed by atoms with Crippen LogP contribution < -0.4 is 0 Å². The van der Waals surface area contributed by atoms with Crippen LogP contribution >= 0.6 is 0 Å². The number of aliphatic hydroxyl groups is 1. The van der Waals surface area contributed by atoms with Crippen LogP contribution in [0, 0.1) is 0 Å². The number of carbonyl (C=O) groups is 2. The number of carbonyl (C=O) groups excluding carboxylic acids is 2. The van der Waals surface area contributed by atoms with E-state index >= 15 is 0 Å². The van der Waals surface area contributed by atoms with E-state index in [1.807, 2.05) is 0 Å². The predicted molar refractivity (Wildman–Crippen MR) is 50.6 cm³/mol. The molecule has 6 nitrogen and oxygen atoms in total. The zero-order valence-corrected chi connectivity index (χ0v) is 8.44. The van der Waals surface area contributed by atoms with E-state index in [1.54, 1.807) is 0 Å². The quantitative estimate of drug-likeness (QED) is 0.371. The lowest BCUT2D eigenvalue weighted by atomic mass is 10.1. The van der Waals surface area contributed by atoms with Crippen molar-refractivity contribution in [3.8, 4) is 0 Å². The summed E-state index contributed by atoms with van der Waals surface area (Å²) < 4.78 is 15.6. The van der Waals surface area contributed by atoms with Crippen LogP contribution in [0.2, 0.25) is 0 Å². The molecule has 4 atom stereocenters. The highest BCUT2D eigenvalue weighted by atomic mass is 16.6. The molecule has 88 valence electrons. The van der Waals surface area contributed by atoms with Gasteiger partial charge in [-0.2, -0.15) is 0 Å². The zero-order valence-electron chi connectivity index (χ0n) is 8.44. The van der Waals surface area contributed by atoms with Crippen LogP contribution in [-0.2, 0) is 23.8 Å². The third-order valence-electron chi connectivity index (χ3n) is 2.56. The lowest BCUT2D eigenvalue weighted by Gasteiger charge is -2.15. The second-order valence-corrected chi connectivity index (χ2v) is 3.63. The molecule has 16 heavy (non-hydrogen) atoms. The predicted octanol–water partition coefficient (Wildman–Crippen LogP) is -1.19. The Balaban J connectivity index is 1.90. The van der Waals surface area contributed by atoms with Crippen LogP contribution in [0.3, 0.4) is 0 Å². The molecule has 0 saturated carbocycles. The SMILES string of the molecule is O=C/C=C\C(=O)O[C@H]1CO[C@H]2[C@@H]1OC[C@@H]2O. The number of aldehydes is 1. The number of esters is 1. The number of ether oxygens (including phenoxy) is 3. The molecule has 2 heterocycles. The van der Waals surface area contributed by atoms with Gasteiger partial charge in [0.15, 0.2) is 6.10 Å². The summed E-state index contributed by atoms with van der Waals surface area (Å²) in [5, 5.41) is 9.44. The highest BCUT2D eigenvalue weighted by Gasteiger charge is 2.48. The van der Waals surface area contributed by atoms with Gasteiger partial charge in [-0.25, -0.2) is 4.79 Å². The Labute approximate surface area is 91.8 Å². The van der Waals surface area contributed by atoms with Crippen molar-refractivity contribution in [1.29, 1.82) is 0 Å². The Morgan fingerprint density at radius 2 is 2.06 bits per heavy atom. The van der Waals surface area contributed by atoms with Crippen LogP contribution in [0.15, 0.2) is 12.2 Å². The van der Waals surface area contributed by atoms with Gasteiger partial charge < -0.3 is 19.3 Å². The van der Waals surface area contributed by atoms with Crippen LogP contribution in [0.5, 0.6) is 0 Å². The molecule has 2 aliphatic rings. The third-order valence-corrected chi connectivity index (χ3v) is 2.56. The Morgan fingerprint density at radius 1 is 1.31 bits per heavy atom. The van der Waals surface area contributed by atoms with Gasteiger partial charge in [0.1, 0.15) is 24.6 Å². The maximum absolute atomic E-state index is 11.2. The number of aliphatic hydroxyl groups excluding tert-OH is 1. The molecule has 0 spiro atoms. The summed E-state index contributed by atoms with van der Waals surface area (Å²) in [5.74, 6) is -0.619. The van der Waals surface area contributed by atoms with Crippen LogP contribution in [0.25, 0.3) is 0 Å². The van der Waals surface area contributed by atoms with Crippen molar-refractivity contribution in [1.82, 2.24) is 0 Å². The average Bonchev–Trinajstić information content (AvgIpc) is 2.81. The fourth-order valence-electron chi connectivity index (χ4n) is 1.85. The average molecular weight is 228 g/mol. The second kappa shape index (κ2) is 4.73. The Kier molecular flexibility index (Phi) is 3.33. The van der Waals surface area contributed by atoms with E-state index in [-0.39, 0.29) is 13.2 Å². The third kappa shape index (κ3) is 2.13. The molecule has 0 bridgehead atoms. The molecule has 1 N–H and O–H groups in total. The molecule has 2 rings (SSSR count). The highest BCUT2D eigenvalue weighted by Crippen LogP contribution is 2.28. The minimum atomic E-state index is -0.667. The number of allylic oxidation sites excluding steroid dienone is 1. The molecule has 2 saturated heterocycles. The summed E-state index contributed by atoms with van der Waals surface area (Å²) in [7, 11) is 0. The molecular weight excluding hydrogens is 216 g/mol. The first-order chi connectivity index (χ1) is 7.72. The Hall–Kier alpha value is -1.24. The summed E-state index contributed by atoms with van der Waals surface area (Å²) in [6.07, 6.45) is 0.554. The molecule has 2 aliphatic heterocycles. The van der Waals surface area contributed by atoms with E-state index in [9.17, 15) is 14.7 Å². The van der Waals surface area contributed by atoms with Gasteiger partial charge in [0.2, 0.25) is 0 Å². The van der Waals surface area contributed by atoms with E-state index in [0.717, 1.165) is 12.2 Å². The second-order valence-electron chi connectivity index (χ2n) is 3.63. The summed E-state index contributed by atoms with van der Waals surface area (Å²) in [4.78, 5) is 21.2. The lowest BCUT2D eigenvalue weighted by Crippen LogP contribution is -2.33. The molecule has 0 unspecified atom stereocenters. The fraction of sp³-hybridized carbons (Fsp3) is 0.600. The largest absolute Gasteiger partial charge is 0.454 e. The van der Waals surface area contributed by atoms with E-state index in [4.69, 9.17) is 14.2 Å². The molecule has 0 aromatic rings. The van der Waals surface area contributed by atoms with E-state index in [2.05, 4.69) is 0 Å². The monoisotopic (exact) mass is 228 g/mol. The zero-order chi connectivity index (χ0) is 11.5. The van der Waals surface area contributed by atoms with Gasteiger partial charge in [-0.1, -0.05) is 0 Å². The number of hydrogen-bond acceptors (Lipinski definition) is 6. The summed E-state index contributed by atoms with van der Waals surface area (Å²) >= 11 is 0. The van der Waals surface area contributed by atoms with Crippen LogP contribution in [0.4, 0.5) is 0 Å². The van der Waals surface area contributed by atoms with Gasteiger partial charge in [0.25, 0.3) is 0 Å². The lowest BCUT2D eigenvalue weighted by molar-refractivity contribution is -0.147. The first-order valence-electron chi connectivity index (χ1n) is 4.96. The minimum absolute atomic E-state index is 0.188. The molecule has 2 fully saturated rings. The van der Waals surface area contributed by atoms with Gasteiger partial charge in [0, 0.05) is 6.08 Å². The van der Waals surface area contributed by atoms with Crippen molar-refractivity contribution in [2.24, 2.45) is 0 Å². The molecular formula is C10H12O6. The molecule has 0 aromatic heterocycles. The molecule has 0 aliphatic carbocycles. The van der Waals surface area contributed by atoms with Crippen LogP contribution in [0.1, 0.15) is 0 Å². The van der Waals surface area contributed by atoms with Crippen LogP contribution in [-0.4, -0.2) is 55.0 Å². The van der Waals surface area contributed by atoms with Gasteiger partial charge in [0.05, 0.1) is 13.2 Å². The van der Waals surface area contributed by atoms with E-state index in [0.29, 0.717) is 6.29 Å². The van der Waals surface area contributed by atoms with Gasteiger partial charge in [-0.3, -0.25) is 4.79 Å². The fourth-order valence-corrected chi connectivity index (χ4v) is 1.85. The topological polar surface area (TPSA) is 82.1 Å². The normalized spacial score (nSPS) is 37.6. The summed E-state index contributed by atoms with van der Waals surface area (Å²) in [6, 6.07) is 0. The maximum atomic E-state index is 11.2. The summed E-state index contributed by atoms with van der Waals surface area (Å²) in [6.45, 7) is 0.390. The van der Waals surface area contributed by atoms with Gasteiger partial charge in [-0.15, -0.1) is 0 Å². The standard InChI is InChI=1S/C10H12O6/c11-3-1-2-8(13)16-7-5-15-9-6(12)4-14-10(7)9/h1-3,6-7,9-10,12H,4-5H2/b2-1-/t6-,7-,9+,10+/m0/s1. The van der Waals surface area contributed by atoms with Crippen molar-refractivity contribution >= 4 is 12.3 Å². The summed E-state index contributed by atoms with van der Waals surface area (Å²) in [5.41, 5.74) is 0. The highest BCUT2D eigenvalue weighted by molar-refractivity contribution is 5.86. The first-order valence-corrected chi connectivity index (χ1v) is 4.96. The van der Waals surface area contributed by atoms with Crippen molar-refractivity contribution in [3.05, 3.63) is 12.2 Å². The Bertz CT molecular complexity index is 312. The minimum Gasteiger partial charge on any atom is -0.454 e. The molecule has 0 radical (unpaired) electrons. The molecule has 6 heteroatoms. The van der Waals surface area contributed by atoms with E-state index < -0.39 is 30.4 Å². The maximum Gasteiger partial charge on any atom is 0.331 e. The number of rotatable bonds is 3. The van der Waals surface area contributed by atoms with Crippen molar-refractivity contribution in [2.45, 2.75) is 24.4 Å². The van der Waals surface area contributed by atoms with Crippen molar-refractivity contribution in [3.63, 3.8) is 0 Å². The molecule has 0 amide bonds. The van der Waals surface area contributed by atoms with E-state index in [1.165, 1.54) is 0 Å². The number of hydrogen-bond donors (Lipinski definition) is 1. The smallest absolute Gasteiger partial charge is 0.331 e. The van der Waals surface area contributed by atoms with Crippen molar-refractivity contribution < 1.29 is 28.9 Å². The van der Waals surface area contributed by atoms with Gasteiger partial charge in [-0.05, 0) is 6.08 Å².